The van der Waals surface area contributed by atoms with Crippen LogP contribution in [0.1, 0.15) is 0 Å². The number of aliphatic hydroxyl groups excluding tert-OH is 1. The molecular weight excluding hydrogens is 80.0 g/mol. The Morgan fingerprint density at radius 3 is 2.50 bits per heavy atom. The molecule has 0 fully saturated rings. The lowest BCUT2D eigenvalue weighted by molar-refractivity contribution is 0.222. The van der Waals surface area contributed by atoms with Gasteiger partial charge in [-0.25, -0.2) is 0 Å². The first-order chi connectivity index (χ1) is 2.80. The minimum atomic E-state index is -0.787. The molecule has 34 valence electrons. The highest BCUT2D eigenvalue weighted by molar-refractivity contribution is 5.18. The van der Waals surface area contributed by atoms with Gasteiger partial charge >= 0.3 is 0 Å². The molecule has 0 bridgehead atoms. The number of aliphatic hydroxyl groups is 1. The number of rotatable bonds is 1. The maximum atomic E-state index is 8.34. The van der Waals surface area contributed by atoms with Gasteiger partial charge in [0.15, 0.2) is 0 Å². The first-order valence-corrected chi connectivity index (χ1v) is 1.71. The quantitative estimate of drug-likeness (QED) is 0.348. The molecule has 0 amide bonds. The van der Waals surface area contributed by atoms with E-state index < -0.39 is 6.23 Å². The van der Waals surface area contributed by atoms with Gasteiger partial charge < -0.3 is 16.2 Å². The minimum absolute atomic E-state index is 0.718. The van der Waals surface area contributed by atoms with E-state index in [9.17, 15) is 0 Å². The third kappa shape index (κ3) is 0.502. The molecule has 0 radical (unpaired) electrons. The number of hydrogen-bond donors (Lipinski definition) is 3. The van der Waals surface area contributed by atoms with Crippen LogP contribution in [-0.2, 0) is 0 Å². The van der Waals surface area contributed by atoms with Crippen molar-refractivity contribution in [1.29, 1.82) is 0 Å². The summed E-state index contributed by atoms with van der Waals surface area (Å²) in [5.74, 6) is 0. The van der Waals surface area contributed by atoms with E-state index in [4.69, 9.17) is 10.8 Å². The molecule has 0 aromatic rings. The van der Waals surface area contributed by atoms with Crippen LogP contribution in [-0.4, -0.2) is 11.3 Å². The van der Waals surface area contributed by atoms with E-state index in [0.29, 0.717) is 0 Å². The van der Waals surface area contributed by atoms with Gasteiger partial charge in [0, 0.05) is 6.20 Å². The Balaban J connectivity index is 2.31. The van der Waals surface area contributed by atoms with Gasteiger partial charge in [-0.15, -0.1) is 0 Å². The second-order valence-corrected chi connectivity index (χ2v) is 1.19. The van der Waals surface area contributed by atoms with E-state index in [1.807, 2.05) is 0 Å². The van der Waals surface area contributed by atoms with Crippen molar-refractivity contribution < 1.29 is 5.11 Å². The second kappa shape index (κ2) is 0.959. The predicted octanol–water partition coefficient (Wildman–Crippen LogP) is -1.29. The summed E-state index contributed by atoms with van der Waals surface area (Å²) in [5, 5.41) is 11.0. The van der Waals surface area contributed by atoms with E-state index in [1.165, 1.54) is 0 Å². The SMILES string of the molecule is NC(O)C1=CN1. The highest BCUT2D eigenvalue weighted by atomic mass is 16.3. The Hall–Kier alpha value is -0.540. The first-order valence-electron chi connectivity index (χ1n) is 1.71. The Bertz CT molecular complexity index is 86.8. The second-order valence-electron chi connectivity index (χ2n) is 1.19. The molecule has 0 aromatic heterocycles. The molecule has 0 aliphatic carbocycles. The zero-order valence-corrected chi connectivity index (χ0v) is 3.18. The van der Waals surface area contributed by atoms with Crippen molar-refractivity contribution in [3.8, 4) is 0 Å². The summed E-state index contributed by atoms with van der Waals surface area (Å²) in [5.41, 5.74) is 5.64. The van der Waals surface area contributed by atoms with Crippen LogP contribution >= 0.6 is 0 Å². The standard InChI is InChI=1S/C3H6N2O/c4-3(6)2-1-5-2/h1,3,5-6H,4H2. The van der Waals surface area contributed by atoms with Crippen LogP contribution in [0.25, 0.3) is 0 Å². The molecule has 1 rings (SSSR count). The fraction of sp³-hybridized carbons (Fsp3) is 0.333. The van der Waals surface area contributed by atoms with E-state index >= 15 is 0 Å². The zero-order valence-electron chi connectivity index (χ0n) is 3.18. The van der Waals surface area contributed by atoms with Gasteiger partial charge in [-0.05, 0) is 0 Å². The fourth-order valence-corrected chi connectivity index (χ4v) is 0.212. The van der Waals surface area contributed by atoms with Gasteiger partial charge in [0.05, 0.1) is 5.70 Å². The lowest BCUT2D eigenvalue weighted by Gasteiger charge is -1.90. The third-order valence-electron chi connectivity index (χ3n) is 0.630. The van der Waals surface area contributed by atoms with E-state index in [-0.39, 0.29) is 0 Å². The molecule has 1 aliphatic heterocycles. The first kappa shape index (κ1) is 3.64. The van der Waals surface area contributed by atoms with Gasteiger partial charge in [0.2, 0.25) is 0 Å². The van der Waals surface area contributed by atoms with E-state index in [0.717, 1.165) is 5.70 Å². The van der Waals surface area contributed by atoms with E-state index in [2.05, 4.69) is 5.32 Å². The lowest BCUT2D eigenvalue weighted by Crippen LogP contribution is -2.19. The summed E-state index contributed by atoms with van der Waals surface area (Å²) in [6.07, 6.45) is 0.870. The average Bonchev–Trinajstić information content (AvgIpc) is 2.06. The third-order valence-corrected chi connectivity index (χ3v) is 0.630. The maximum Gasteiger partial charge on any atom is 0.144 e. The highest BCUT2D eigenvalue weighted by Gasteiger charge is 2.10. The molecule has 0 spiro atoms. The van der Waals surface area contributed by atoms with Gasteiger partial charge in [-0.2, -0.15) is 0 Å². The summed E-state index contributed by atoms with van der Waals surface area (Å²) >= 11 is 0. The van der Waals surface area contributed by atoms with Gasteiger partial charge in [-0.1, -0.05) is 0 Å². The van der Waals surface area contributed by atoms with Crippen molar-refractivity contribution in [2.45, 2.75) is 6.23 Å². The Morgan fingerprint density at radius 2 is 2.50 bits per heavy atom. The molecule has 3 nitrogen and oxygen atoms in total. The van der Waals surface area contributed by atoms with Crippen molar-refractivity contribution in [2.75, 3.05) is 0 Å². The number of nitrogens with one attached hydrogen (secondary N) is 1. The smallest absolute Gasteiger partial charge is 0.144 e. The van der Waals surface area contributed by atoms with Crippen LogP contribution in [0.2, 0.25) is 0 Å². The van der Waals surface area contributed by atoms with Crippen molar-refractivity contribution >= 4 is 0 Å². The molecule has 0 saturated heterocycles. The molecule has 3 heteroatoms. The molecule has 1 aliphatic rings. The minimum Gasteiger partial charge on any atom is -0.373 e. The molecule has 4 N–H and O–H groups in total. The normalized spacial score (nSPS) is 21.3. The van der Waals surface area contributed by atoms with Crippen LogP contribution < -0.4 is 11.1 Å². The van der Waals surface area contributed by atoms with Crippen molar-refractivity contribution in [2.24, 2.45) is 5.73 Å². The maximum absolute atomic E-state index is 8.34. The Kier molecular flexibility index (Phi) is 0.583. The summed E-state index contributed by atoms with van der Waals surface area (Å²) < 4.78 is 0. The van der Waals surface area contributed by atoms with Crippen LogP contribution in [0.5, 0.6) is 0 Å². The topological polar surface area (TPSA) is 68.2 Å². The van der Waals surface area contributed by atoms with Gasteiger partial charge in [0.1, 0.15) is 6.23 Å². The molecule has 0 aromatic carbocycles. The van der Waals surface area contributed by atoms with Crippen LogP contribution in [0.4, 0.5) is 0 Å². The fourth-order valence-electron chi connectivity index (χ4n) is 0.212. The molecular formula is C3H6N2O. The number of hydrogen-bond acceptors (Lipinski definition) is 3. The molecule has 1 unspecified atom stereocenters. The average molecular weight is 86.1 g/mol. The summed E-state index contributed by atoms with van der Waals surface area (Å²) in [6, 6.07) is 0. The largest absolute Gasteiger partial charge is 0.373 e. The Morgan fingerprint density at radius 1 is 2.00 bits per heavy atom. The molecule has 1 heterocycles. The molecule has 1 atom stereocenters. The van der Waals surface area contributed by atoms with Crippen molar-refractivity contribution in [1.82, 2.24) is 5.32 Å². The summed E-state index contributed by atoms with van der Waals surface area (Å²) in [6.45, 7) is 0. The number of nitrogens with two attached hydrogens (primary N) is 1. The predicted molar refractivity (Wildman–Crippen MR) is 21.4 cm³/mol. The van der Waals surface area contributed by atoms with Crippen molar-refractivity contribution in [3.63, 3.8) is 0 Å². The summed E-state index contributed by atoms with van der Waals surface area (Å²) in [4.78, 5) is 0. The van der Waals surface area contributed by atoms with Crippen LogP contribution in [0.15, 0.2) is 11.9 Å². The Labute approximate surface area is 35.5 Å². The monoisotopic (exact) mass is 86.0 g/mol. The van der Waals surface area contributed by atoms with Crippen LogP contribution in [0.3, 0.4) is 0 Å². The van der Waals surface area contributed by atoms with Gasteiger partial charge in [-0.3, -0.25) is 0 Å². The lowest BCUT2D eigenvalue weighted by atomic mass is 10.6. The van der Waals surface area contributed by atoms with Crippen LogP contribution in [0, 0.1) is 0 Å². The zero-order chi connectivity index (χ0) is 4.57. The molecule has 0 saturated carbocycles. The van der Waals surface area contributed by atoms with Gasteiger partial charge in [0.25, 0.3) is 0 Å². The molecule has 6 heavy (non-hydrogen) atoms. The highest BCUT2D eigenvalue weighted by Crippen LogP contribution is 2.00. The van der Waals surface area contributed by atoms with Crippen molar-refractivity contribution in [3.05, 3.63) is 11.9 Å². The summed E-state index contributed by atoms with van der Waals surface area (Å²) in [7, 11) is 0. The van der Waals surface area contributed by atoms with E-state index in [1.54, 1.807) is 6.20 Å².